The van der Waals surface area contributed by atoms with Gasteiger partial charge >= 0.3 is 0 Å². The van der Waals surface area contributed by atoms with Crippen LogP contribution >= 0.6 is 0 Å². The summed E-state index contributed by atoms with van der Waals surface area (Å²) in [5, 5.41) is 2.02. The van der Waals surface area contributed by atoms with Crippen LogP contribution < -0.4 is 14.2 Å². The van der Waals surface area contributed by atoms with E-state index in [-0.39, 0.29) is 0 Å². The molecule has 3 nitrogen and oxygen atoms in total. The molecular weight excluding hydrogens is 228 g/mol. The molecule has 18 heavy (non-hydrogen) atoms. The molecule has 0 heterocycles. The molecule has 2 aromatic carbocycles. The van der Waals surface area contributed by atoms with Crippen LogP contribution in [-0.2, 0) is 6.42 Å². The van der Waals surface area contributed by atoms with Gasteiger partial charge in [0, 0.05) is 0 Å². The zero-order valence-electron chi connectivity index (χ0n) is 10.9. The molecule has 3 heteroatoms. The second kappa shape index (κ2) is 5.17. The lowest BCUT2D eigenvalue weighted by Gasteiger charge is -2.15. The number of fused-ring (bicyclic) bond motifs is 1. The predicted octanol–water partition coefficient (Wildman–Crippen LogP) is 3.24. The van der Waals surface area contributed by atoms with Crippen LogP contribution in [-0.4, -0.2) is 21.3 Å². The van der Waals surface area contributed by atoms with E-state index in [0.29, 0.717) is 11.5 Å². The Balaban J connectivity index is 2.88. The average molecular weight is 245 g/mol. The van der Waals surface area contributed by atoms with Crippen LogP contribution in [0.25, 0.3) is 10.8 Å². The van der Waals surface area contributed by atoms with Crippen molar-refractivity contribution in [3.8, 4) is 17.2 Å². The SMILES string of the molecule is [CH2]Cc1ccc(OC)c2c(OC)c(OC)ccc12. The van der Waals surface area contributed by atoms with E-state index in [9.17, 15) is 0 Å². The molecule has 0 spiro atoms. The second-order valence-corrected chi connectivity index (χ2v) is 3.90. The lowest BCUT2D eigenvalue weighted by atomic mass is 10.0. The average Bonchev–Trinajstić information content (AvgIpc) is 2.44. The Labute approximate surface area is 107 Å². The van der Waals surface area contributed by atoms with Gasteiger partial charge in [0.25, 0.3) is 0 Å². The summed E-state index contributed by atoms with van der Waals surface area (Å²) in [5.41, 5.74) is 1.16. The Morgan fingerprint density at radius 1 is 0.889 bits per heavy atom. The molecule has 1 radical (unpaired) electrons. The molecule has 95 valence electrons. The van der Waals surface area contributed by atoms with Crippen LogP contribution in [0.3, 0.4) is 0 Å². The lowest BCUT2D eigenvalue weighted by molar-refractivity contribution is 0.356. The van der Waals surface area contributed by atoms with E-state index in [1.807, 2.05) is 24.3 Å². The summed E-state index contributed by atoms with van der Waals surface area (Å²) in [6.45, 7) is 3.95. The fourth-order valence-electron chi connectivity index (χ4n) is 2.18. The fourth-order valence-corrected chi connectivity index (χ4v) is 2.18. The van der Waals surface area contributed by atoms with Gasteiger partial charge in [-0.25, -0.2) is 0 Å². The van der Waals surface area contributed by atoms with Crippen molar-refractivity contribution in [3.63, 3.8) is 0 Å². The van der Waals surface area contributed by atoms with E-state index in [1.54, 1.807) is 21.3 Å². The van der Waals surface area contributed by atoms with Crippen molar-refractivity contribution in [2.45, 2.75) is 6.42 Å². The third kappa shape index (κ3) is 1.86. The summed E-state index contributed by atoms with van der Waals surface area (Å²) < 4.78 is 16.2. The first kappa shape index (κ1) is 12.6. The van der Waals surface area contributed by atoms with Crippen molar-refractivity contribution >= 4 is 10.8 Å². The number of ether oxygens (including phenoxy) is 3. The van der Waals surface area contributed by atoms with Crippen LogP contribution in [0, 0.1) is 6.92 Å². The van der Waals surface area contributed by atoms with Gasteiger partial charge in [0.1, 0.15) is 5.75 Å². The summed E-state index contributed by atoms with van der Waals surface area (Å²) in [6.07, 6.45) is 0.718. The third-order valence-electron chi connectivity index (χ3n) is 3.06. The first-order valence-corrected chi connectivity index (χ1v) is 5.76. The number of hydrogen-bond donors (Lipinski definition) is 0. The molecule has 0 atom stereocenters. The maximum Gasteiger partial charge on any atom is 0.172 e. The molecule has 0 aliphatic carbocycles. The highest BCUT2D eigenvalue weighted by atomic mass is 16.5. The Morgan fingerprint density at radius 2 is 1.56 bits per heavy atom. The van der Waals surface area contributed by atoms with Crippen molar-refractivity contribution in [2.75, 3.05) is 21.3 Å². The van der Waals surface area contributed by atoms with Gasteiger partial charge in [-0.15, -0.1) is 0 Å². The standard InChI is InChI=1S/C15H17O3/c1-5-10-6-8-12(16-2)14-11(10)7-9-13(17-3)15(14)18-4/h6-9H,1,5H2,2-4H3. The molecular formula is C15H17O3. The van der Waals surface area contributed by atoms with E-state index >= 15 is 0 Å². The van der Waals surface area contributed by atoms with Gasteiger partial charge in [0.15, 0.2) is 11.5 Å². The fraction of sp³-hybridized carbons (Fsp3) is 0.267. The van der Waals surface area contributed by atoms with E-state index in [1.165, 1.54) is 0 Å². The summed E-state index contributed by atoms with van der Waals surface area (Å²) in [7, 11) is 4.91. The molecule has 0 N–H and O–H groups in total. The van der Waals surface area contributed by atoms with Gasteiger partial charge in [-0.2, -0.15) is 0 Å². The van der Waals surface area contributed by atoms with Gasteiger partial charge in [-0.1, -0.05) is 12.1 Å². The number of methoxy groups -OCH3 is 3. The van der Waals surface area contributed by atoms with Gasteiger partial charge in [0.05, 0.1) is 26.7 Å². The monoisotopic (exact) mass is 245 g/mol. The molecule has 0 aromatic heterocycles. The molecule has 0 unspecified atom stereocenters. The minimum atomic E-state index is 0.696. The molecule has 0 fully saturated rings. The molecule has 2 rings (SSSR count). The number of benzene rings is 2. The van der Waals surface area contributed by atoms with E-state index < -0.39 is 0 Å². The maximum absolute atomic E-state index is 5.47. The summed E-state index contributed by atoms with van der Waals surface area (Å²) in [6, 6.07) is 7.88. The van der Waals surface area contributed by atoms with Crippen LogP contribution in [0.2, 0.25) is 0 Å². The highest BCUT2D eigenvalue weighted by molar-refractivity contribution is 5.98. The number of rotatable bonds is 4. The minimum absolute atomic E-state index is 0.696. The molecule has 0 aliphatic rings. The summed E-state index contributed by atoms with van der Waals surface area (Å²) in [5.74, 6) is 2.17. The first-order valence-electron chi connectivity index (χ1n) is 5.76. The Kier molecular flexibility index (Phi) is 3.60. The van der Waals surface area contributed by atoms with E-state index in [0.717, 1.165) is 28.5 Å². The second-order valence-electron chi connectivity index (χ2n) is 3.90. The van der Waals surface area contributed by atoms with Crippen LogP contribution in [0.15, 0.2) is 24.3 Å². The van der Waals surface area contributed by atoms with Gasteiger partial charge < -0.3 is 14.2 Å². The molecule has 2 aromatic rings. The maximum atomic E-state index is 5.47. The lowest BCUT2D eigenvalue weighted by Crippen LogP contribution is -1.96. The van der Waals surface area contributed by atoms with Gasteiger partial charge in [-0.3, -0.25) is 0 Å². The van der Waals surface area contributed by atoms with Gasteiger partial charge in [-0.05, 0) is 36.4 Å². The highest BCUT2D eigenvalue weighted by Gasteiger charge is 2.15. The van der Waals surface area contributed by atoms with Gasteiger partial charge in [0.2, 0.25) is 0 Å². The summed E-state index contributed by atoms with van der Waals surface area (Å²) >= 11 is 0. The Hall–Kier alpha value is -1.90. The van der Waals surface area contributed by atoms with E-state index in [2.05, 4.69) is 6.92 Å². The van der Waals surface area contributed by atoms with Crippen LogP contribution in [0.5, 0.6) is 17.2 Å². The smallest absolute Gasteiger partial charge is 0.172 e. The van der Waals surface area contributed by atoms with Crippen molar-refractivity contribution in [2.24, 2.45) is 0 Å². The molecule has 0 bridgehead atoms. The third-order valence-corrected chi connectivity index (χ3v) is 3.06. The molecule has 0 saturated heterocycles. The molecule has 0 saturated carbocycles. The van der Waals surface area contributed by atoms with Crippen LogP contribution in [0.4, 0.5) is 0 Å². The van der Waals surface area contributed by atoms with E-state index in [4.69, 9.17) is 14.2 Å². The molecule has 0 amide bonds. The van der Waals surface area contributed by atoms with Crippen molar-refractivity contribution in [1.82, 2.24) is 0 Å². The first-order chi connectivity index (χ1) is 8.76. The van der Waals surface area contributed by atoms with Crippen molar-refractivity contribution < 1.29 is 14.2 Å². The summed E-state index contributed by atoms with van der Waals surface area (Å²) in [4.78, 5) is 0. The largest absolute Gasteiger partial charge is 0.496 e. The van der Waals surface area contributed by atoms with Crippen molar-refractivity contribution in [1.29, 1.82) is 0 Å². The number of hydrogen-bond acceptors (Lipinski definition) is 3. The molecule has 0 aliphatic heterocycles. The Bertz CT molecular complexity index is 561. The predicted molar refractivity (Wildman–Crippen MR) is 72.7 cm³/mol. The quantitative estimate of drug-likeness (QED) is 0.827. The minimum Gasteiger partial charge on any atom is -0.496 e. The van der Waals surface area contributed by atoms with Crippen LogP contribution in [0.1, 0.15) is 5.56 Å². The Morgan fingerprint density at radius 3 is 2.11 bits per heavy atom. The van der Waals surface area contributed by atoms with Crippen molar-refractivity contribution in [3.05, 3.63) is 36.8 Å². The normalized spacial score (nSPS) is 10.4. The zero-order valence-corrected chi connectivity index (χ0v) is 10.9. The topological polar surface area (TPSA) is 27.7 Å². The highest BCUT2D eigenvalue weighted by Crippen LogP contribution is 2.41. The zero-order chi connectivity index (χ0) is 13.1.